The Morgan fingerprint density at radius 1 is 1.04 bits per heavy atom. The van der Waals surface area contributed by atoms with Crippen molar-refractivity contribution in [1.82, 2.24) is 19.4 Å². The molecule has 3 heterocycles. The highest BCUT2D eigenvalue weighted by molar-refractivity contribution is 7.09. The number of rotatable bonds is 5. The molecule has 1 aromatic carbocycles. The average molecular weight is 348 g/mol. The molecule has 0 radical (unpaired) electrons. The van der Waals surface area contributed by atoms with Crippen molar-refractivity contribution in [3.05, 3.63) is 89.4 Å². The molecule has 0 aliphatic rings. The summed E-state index contributed by atoms with van der Waals surface area (Å²) in [5, 5.41) is 4.98. The predicted octanol–water partition coefficient (Wildman–Crippen LogP) is 3.65. The average Bonchev–Trinajstić information content (AvgIpc) is 3.42. The number of carbonyl (C=O) groups is 1. The zero-order chi connectivity index (χ0) is 17.1. The van der Waals surface area contributed by atoms with Gasteiger partial charge in [-0.05, 0) is 41.8 Å². The van der Waals surface area contributed by atoms with Crippen molar-refractivity contribution in [2.45, 2.75) is 6.54 Å². The molecule has 0 saturated carbocycles. The maximum absolute atomic E-state index is 12.5. The third kappa shape index (κ3) is 3.25. The molecule has 4 rings (SSSR count). The molecule has 0 aliphatic carbocycles. The quantitative estimate of drug-likeness (QED) is 0.598. The van der Waals surface area contributed by atoms with Gasteiger partial charge >= 0.3 is 0 Å². The monoisotopic (exact) mass is 348 g/mol. The number of hydrogen-bond acceptors (Lipinski definition) is 3. The molecule has 25 heavy (non-hydrogen) atoms. The Hall–Kier alpha value is -3.12. The van der Waals surface area contributed by atoms with Crippen LogP contribution in [-0.4, -0.2) is 20.0 Å². The van der Waals surface area contributed by atoms with Gasteiger partial charge in [0.05, 0.1) is 24.2 Å². The van der Waals surface area contributed by atoms with Crippen molar-refractivity contribution in [2.24, 2.45) is 0 Å². The molecule has 0 bridgehead atoms. The van der Waals surface area contributed by atoms with E-state index in [4.69, 9.17) is 0 Å². The molecule has 0 saturated heterocycles. The highest BCUT2D eigenvalue weighted by atomic mass is 32.1. The van der Waals surface area contributed by atoms with Gasteiger partial charge in [-0.1, -0.05) is 6.07 Å². The Morgan fingerprint density at radius 3 is 2.64 bits per heavy atom. The lowest BCUT2D eigenvalue weighted by Crippen LogP contribution is -2.22. The van der Waals surface area contributed by atoms with Gasteiger partial charge in [0.2, 0.25) is 0 Å². The number of aromatic nitrogens is 3. The Kier molecular flexibility index (Phi) is 4.18. The summed E-state index contributed by atoms with van der Waals surface area (Å²) in [6, 6.07) is 13.6. The van der Waals surface area contributed by atoms with Crippen LogP contribution in [0.25, 0.3) is 11.4 Å². The Balaban J connectivity index is 1.65. The number of benzene rings is 1. The van der Waals surface area contributed by atoms with E-state index in [-0.39, 0.29) is 5.91 Å². The molecular formula is C19H16N4OS. The van der Waals surface area contributed by atoms with E-state index in [9.17, 15) is 4.79 Å². The van der Waals surface area contributed by atoms with E-state index < -0.39 is 0 Å². The standard InChI is InChI=1S/C19H16N4OS/c24-19(21-13-16-4-3-11-25-16)15-5-6-17(23-10-7-20-14-23)18(12-15)22-8-1-2-9-22/h1-12,14H,13H2,(H,21,24). The highest BCUT2D eigenvalue weighted by Gasteiger charge is 2.12. The summed E-state index contributed by atoms with van der Waals surface area (Å²) in [5.74, 6) is -0.0843. The van der Waals surface area contributed by atoms with Gasteiger partial charge in [-0.3, -0.25) is 4.79 Å². The molecule has 1 amide bonds. The zero-order valence-corrected chi connectivity index (χ0v) is 14.2. The van der Waals surface area contributed by atoms with Crippen molar-refractivity contribution in [2.75, 3.05) is 0 Å². The molecule has 0 atom stereocenters. The van der Waals surface area contributed by atoms with Gasteiger partial charge in [-0.15, -0.1) is 11.3 Å². The minimum absolute atomic E-state index is 0.0843. The van der Waals surface area contributed by atoms with Crippen LogP contribution >= 0.6 is 11.3 Å². The van der Waals surface area contributed by atoms with Gasteiger partial charge in [0.1, 0.15) is 0 Å². The molecule has 4 aromatic rings. The van der Waals surface area contributed by atoms with Crippen LogP contribution in [-0.2, 0) is 6.54 Å². The van der Waals surface area contributed by atoms with Gasteiger partial charge in [-0.25, -0.2) is 4.98 Å². The molecule has 5 nitrogen and oxygen atoms in total. The lowest BCUT2D eigenvalue weighted by atomic mass is 10.1. The van der Waals surface area contributed by atoms with E-state index in [1.165, 1.54) is 0 Å². The summed E-state index contributed by atoms with van der Waals surface area (Å²) in [4.78, 5) is 17.8. The minimum Gasteiger partial charge on any atom is -0.347 e. The predicted molar refractivity (Wildman–Crippen MR) is 98.4 cm³/mol. The van der Waals surface area contributed by atoms with E-state index in [0.29, 0.717) is 12.1 Å². The largest absolute Gasteiger partial charge is 0.347 e. The van der Waals surface area contributed by atoms with Crippen molar-refractivity contribution >= 4 is 17.2 Å². The molecule has 0 fully saturated rings. The van der Waals surface area contributed by atoms with E-state index in [1.807, 2.05) is 75.6 Å². The SMILES string of the molecule is O=C(NCc1cccs1)c1ccc(-n2ccnc2)c(-n2cccc2)c1. The van der Waals surface area contributed by atoms with Gasteiger partial charge < -0.3 is 14.5 Å². The molecule has 0 spiro atoms. The highest BCUT2D eigenvalue weighted by Crippen LogP contribution is 2.21. The number of thiophene rings is 1. The van der Waals surface area contributed by atoms with E-state index >= 15 is 0 Å². The van der Waals surface area contributed by atoms with Crippen molar-refractivity contribution in [3.63, 3.8) is 0 Å². The first-order chi connectivity index (χ1) is 12.3. The van der Waals surface area contributed by atoms with Crippen LogP contribution in [0.4, 0.5) is 0 Å². The van der Waals surface area contributed by atoms with Crippen molar-refractivity contribution < 1.29 is 4.79 Å². The van der Waals surface area contributed by atoms with Crippen LogP contribution < -0.4 is 5.32 Å². The minimum atomic E-state index is -0.0843. The Bertz CT molecular complexity index is 957. The molecule has 1 N–H and O–H groups in total. The van der Waals surface area contributed by atoms with Crippen molar-refractivity contribution in [1.29, 1.82) is 0 Å². The van der Waals surface area contributed by atoms with Crippen LogP contribution in [0.3, 0.4) is 0 Å². The number of amides is 1. The smallest absolute Gasteiger partial charge is 0.251 e. The summed E-state index contributed by atoms with van der Waals surface area (Å²) < 4.78 is 3.92. The first kappa shape index (κ1) is 15.4. The first-order valence-corrected chi connectivity index (χ1v) is 8.75. The summed E-state index contributed by atoms with van der Waals surface area (Å²) in [5.41, 5.74) is 2.51. The maximum atomic E-state index is 12.5. The number of carbonyl (C=O) groups excluding carboxylic acids is 1. The molecule has 0 unspecified atom stereocenters. The summed E-state index contributed by atoms with van der Waals surface area (Å²) >= 11 is 1.63. The van der Waals surface area contributed by atoms with Gasteiger partial charge in [0, 0.05) is 35.2 Å². The Labute approximate surface area is 149 Å². The first-order valence-electron chi connectivity index (χ1n) is 7.87. The van der Waals surface area contributed by atoms with E-state index in [2.05, 4.69) is 10.3 Å². The van der Waals surface area contributed by atoms with Gasteiger partial charge in [0.15, 0.2) is 0 Å². The third-order valence-corrected chi connectivity index (χ3v) is 4.78. The molecule has 0 aliphatic heterocycles. The van der Waals surface area contributed by atoms with Crippen LogP contribution in [0, 0.1) is 0 Å². The summed E-state index contributed by atoms with van der Waals surface area (Å²) in [7, 11) is 0. The number of hydrogen-bond donors (Lipinski definition) is 1. The second-order valence-corrected chi connectivity index (χ2v) is 6.56. The third-order valence-electron chi connectivity index (χ3n) is 3.91. The normalized spacial score (nSPS) is 10.7. The lowest BCUT2D eigenvalue weighted by molar-refractivity contribution is 0.0951. The fourth-order valence-corrected chi connectivity index (χ4v) is 3.31. The van der Waals surface area contributed by atoms with Crippen LogP contribution in [0.15, 0.2) is 79.0 Å². The fraction of sp³-hybridized carbons (Fsp3) is 0.0526. The summed E-state index contributed by atoms with van der Waals surface area (Å²) in [6.45, 7) is 0.540. The zero-order valence-electron chi connectivity index (χ0n) is 13.4. The van der Waals surface area contributed by atoms with Crippen LogP contribution in [0.2, 0.25) is 0 Å². The van der Waals surface area contributed by atoms with Gasteiger partial charge in [0.25, 0.3) is 5.91 Å². The Morgan fingerprint density at radius 2 is 1.92 bits per heavy atom. The molecule has 124 valence electrons. The van der Waals surface area contributed by atoms with E-state index in [0.717, 1.165) is 16.3 Å². The summed E-state index contributed by atoms with van der Waals surface area (Å²) in [6.07, 6.45) is 9.30. The second kappa shape index (κ2) is 6.78. The second-order valence-electron chi connectivity index (χ2n) is 5.53. The number of imidazole rings is 1. The van der Waals surface area contributed by atoms with E-state index in [1.54, 1.807) is 23.9 Å². The molecule has 3 aromatic heterocycles. The van der Waals surface area contributed by atoms with Crippen LogP contribution in [0.1, 0.15) is 15.2 Å². The molecular weight excluding hydrogens is 332 g/mol. The topological polar surface area (TPSA) is 51.9 Å². The number of nitrogens with zero attached hydrogens (tertiary/aromatic N) is 3. The lowest BCUT2D eigenvalue weighted by Gasteiger charge is -2.13. The maximum Gasteiger partial charge on any atom is 0.251 e. The number of nitrogens with one attached hydrogen (secondary N) is 1. The van der Waals surface area contributed by atoms with Crippen molar-refractivity contribution in [3.8, 4) is 11.4 Å². The molecule has 6 heteroatoms. The van der Waals surface area contributed by atoms with Crippen LogP contribution in [0.5, 0.6) is 0 Å². The van der Waals surface area contributed by atoms with Gasteiger partial charge in [-0.2, -0.15) is 0 Å². The fourth-order valence-electron chi connectivity index (χ4n) is 2.67.